The number of nitrogen functional groups attached to an aromatic ring is 1. The number of hydrogen-bond acceptors (Lipinski definition) is 3. The fourth-order valence-electron chi connectivity index (χ4n) is 1.82. The van der Waals surface area contributed by atoms with E-state index in [0.29, 0.717) is 11.4 Å². The number of ether oxygens (including phenoxy) is 1. The molecule has 1 aromatic rings. The molecule has 1 aliphatic carbocycles. The molecular weight excluding hydrogens is 197 g/mol. The maximum absolute atomic E-state index is 12.9. The smallest absolute Gasteiger partial charge is 0.145 e. The van der Waals surface area contributed by atoms with Gasteiger partial charge in [0.2, 0.25) is 0 Å². The van der Waals surface area contributed by atoms with E-state index in [1.165, 1.54) is 18.2 Å². The fourth-order valence-corrected chi connectivity index (χ4v) is 1.82. The van der Waals surface area contributed by atoms with Crippen molar-refractivity contribution in [2.24, 2.45) is 0 Å². The van der Waals surface area contributed by atoms with Crippen LogP contribution in [0.3, 0.4) is 0 Å². The zero-order valence-electron chi connectivity index (χ0n) is 8.32. The minimum atomic E-state index is -0.465. The van der Waals surface area contributed by atoms with Crippen molar-refractivity contribution < 1.29 is 14.2 Å². The van der Waals surface area contributed by atoms with Crippen LogP contribution in [0.1, 0.15) is 19.3 Å². The molecule has 82 valence electrons. The average molecular weight is 211 g/mol. The summed E-state index contributed by atoms with van der Waals surface area (Å²) in [4.78, 5) is 0. The van der Waals surface area contributed by atoms with Crippen molar-refractivity contribution in [3.63, 3.8) is 0 Å². The van der Waals surface area contributed by atoms with Gasteiger partial charge in [0.1, 0.15) is 17.7 Å². The van der Waals surface area contributed by atoms with E-state index >= 15 is 0 Å². The first kappa shape index (κ1) is 10.2. The van der Waals surface area contributed by atoms with E-state index in [1.807, 2.05) is 0 Å². The van der Waals surface area contributed by atoms with Gasteiger partial charge in [0.15, 0.2) is 0 Å². The summed E-state index contributed by atoms with van der Waals surface area (Å²) in [6, 6.07) is 4.00. The van der Waals surface area contributed by atoms with Crippen molar-refractivity contribution in [2.45, 2.75) is 31.5 Å². The molecule has 3 nitrogen and oxygen atoms in total. The summed E-state index contributed by atoms with van der Waals surface area (Å²) in [5.41, 5.74) is 6.04. The second-order valence-electron chi connectivity index (χ2n) is 3.84. The highest BCUT2D eigenvalue weighted by atomic mass is 19.1. The van der Waals surface area contributed by atoms with Crippen molar-refractivity contribution >= 4 is 5.69 Å². The zero-order valence-corrected chi connectivity index (χ0v) is 8.32. The van der Waals surface area contributed by atoms with E-state index in [1.54, 1.807) is 0 Å². The Morgan fingerprint density at radius 1 is 1.40 bits per heavy atom. The molecule has 0 amide bonds. The lowest BCUT2D eigenvalue weighted by Crippen LogP contribution is -2.26. The standard InChI is InChI=1S/C11H14FNO2/c12-7-4-5-8(13)11(6-7)15-10-3-1-2-9(10)14/h4-6,9-10,14H,1-3,13H2/t9-,10+/m0/s1. The SMILES string of the molecule is Nc1ccc(F)cc1O[C@@H]1CCC[C@@H]1O. The van der Waals surface area contributed by atoms with Crippen molar-refractivity contribution in [3.05, 3.63) is 24.0 Å². The van der Waals surface area contributed by atoms with Gasteiger partial charge in [-0.25, -0.2) is 4.39 Å². The number of nitrogens with two attached hydrogens (primary N) is 1. The maximum Gasteiger partial charge on any atom is 0.145 e. The number of halogens is 1. The second kappa shape index (κ2) is 4.06. The Morgan fingerprint density at radius 2 is 2.20 bits per heavy atom. The molecule has 15 heavy (non-hydrogen) atoms. The van der Waals surface area contributed by atoms with Gasteiger partial charge in [0.25, 0.3) is 0 Å². The zero-order chi connectivity index (χ0) is 10.8. The molecule has 0 radical (unpaired) electrons. The van der Waals surface area contributed by atoms with Crippen LogP contribution in [0.2, 0.25) is 0 Å². The van der Waals surface area contributed by atoms with Gasteiger partial charge in [0, 0.05) is 6.07 Å². The van der Waals surface area contributed by atoms with Gasteiger partial charge in [-0.15, -0.1) is 0 Å². The Hall–Kier alpha value is -1.29. The minimum absolute atomic E-state index is 0.255. The average Bonchev–Trinajstić information content (AvgIpc) is 2.58. The number of aliphatic hydroxyl groups is 1. The molecular formula is C11H14FNO2. The Morgan fingerprint density at radius 3 is 2.87 bits per heavy atom. The Labute approximate surface area is 87.7 Å². The molecule has 0 bridgehead atoms. The van der Waals surface area contributed by atoms with Crippen molar-refractivity contribution in [1.29, 1.82) is 0 Å². The third-order valence-electron chi connectivity index (χ3n) is 2.67. The van der Waals surface area contributed by atoms with Crippen LogP contribution in [0.5, 0.6) is 5.75 Å². The number of benzene rings is 1. The normalized spacial score (nSPS) is 25.5. The van der Waals surface area contributed by atoms with Crippen LogP contribution in [0, 0.1) is 5.82 Å². The number of anilines is 1. The maximum atomic E-state index is 12.9. The van der Waals surface area contributed by atoms with Crippen LogP contribution < -0.4 is 10.5 Å². The van der Waals surface area contributed by atoms with Crippen molar-refractivity contribution in [2.75, 3.05) is 5.73 Å². The molecule has 0 saturated heterocycles. The first-order valence-electron chi connectivity index (χ1n) is 5.06. The lowest BCUT2D eigenvalue weighted by atomic mass is 10.2. The van der Waals surface area contributed by atoms with Crippen molar-refractivity contribution in [1.82, 2.24) is 0 Å². The van der Waals surface area contributed by atoms with Gasteiger partial charge in [-0.3, -0.25) is 0 Å². The van der Waals surface area contributed by atoms with E-state index in [-0.39, 0.29) is 11.9 Å². The summed E-state index contributed by atoms with van der Waals surface area (Å²) in [7, 11) is 0. The monoisotopic (exact) mass is 211 g/mol. The van der Waals surface area contributed by atoms with Crippen LogP contribution in [0.25, 0.3) is 0 Å². The number of hydrogen-bond donors (Lipinski definition) is 2. The molecule has 1 saturated carbocycles. The first-order valence-corrected chi connectivity index (χ1v) is 5.06. The quantitative estimate of drug-likeness (QED) is 0.732. The van der Waals surface area contributed by atoms with E-state index in [4.69, 9.17) is 10.5 Å². The van der Waals surface area contributed by atoms with Crippen LogP contribution in [0.4, 0.5) is 10.1 Å². The van der Waals surface area contributed by atoms with Crippen LogP contribution in [-0.2, 0) is 0 Å². The molecule has 1 aliphatic rings. The summed E-state index contributed by atoms with van der Waals surface area (Å²) in [5, 5.41) is 9.55. The molecule has 4 heteroatoms. The Bertz CT molecular complexity index is 356. The third kappa shape index (κ3) is 2.21. The molecule has 1 aromatic carbocycles. The van der Waals surface area contributed by atoms with Crippen LogP contribution in [0.15, 0.2) is 18.2 Å². The van der Waals surface area contributed by atoms with E-state index < -0.39 is 6.10 Å². The van der Waals surface area contributed by atoms with Gasteiger partial charge in [-0.05, 0) is 31.4 Å². The molecule has 2 rings (SSSR count). The Kier molecular flexibility index (Phi) is 2.77. The Balaban J connectivity index is 2.12. The first-order chi connectivity index (χ1) is 7.16. The predicted molar refractivity (Wildman–Crippen MR) is 55.1 cm³/mol. The summed E-state index contributed by atoms with van der Waals surface area (Å²) < 4.78 is 18.4. The summed E-state index contributed by atoms with van der Waals surface area (Å²) in [6.07, 6.45) is 1.74. The topological polar surface area (TPSA) is 55.5 Å². The predicted octanol–water partition coefficient (Wildman–Crippen LogP) is 1.70. The number of rotatable bonds is 2. The van der Waals surface area contributed by atoms with Gasteiger partial charge in [-0.2, -0.15) is 0 Å². The molecule has 3 N–H and O–H groups in total. The number of aliphatic hydroxyl groups excluding tert-OH is 1. The minimum Gasteiger partial charge on any atom is -0.485 e. The van der Waals surface area contributed by atoms with Crippen LogP contribution >= 0.6 is 0 Å². The van der Waals surface area contributed by atoms with Gasteiger partial charge in [0.05, 0.1) is 11.8 Å². The summed E-state index contributed by atoms with van der Waals surface area (Å²) in [6.45, 7) is 0. The highest BCUT2D eigenvalue weighted by Gasteiger charge is 2.27. The highest BCUT2D eigenvalue weighted by molar-refractivity contribution is 5.52. The fraction of sp³-hybridized carbons (Fsp3) is 0.455. The van der Waals surface area contributed by atoms with E-state index in [0.717, 1.165) is 19.3 Å². The lowest BCUT2D eigenvalue weighted by molar-refractivity contribution is 0.0607. The van der Waals surface area contributed by atoms with Gasteiger partial charge < -0.3 is 15.6 Å². The van der Waals surface area contributed by atoms with Crippen LogP contribution in [-0.4, -0.2) is 17.3 Å². The second-order valence-corrected chi connectivity index (χ2v) is 3.84. The molecule has 0 aliphatic heterocycles. The molecule has 2 atom stereocenters. The summed E-state index contributed by atoms with van der Waals surface area (Å²) >= 11 is 0. The molecule has 0 unspecified atom stereocenters. The van der Waals surface area contributed by atoms with E-state index in [9.17, 15) is 9.50 Å². The molecule has 0 spiro atoms. The molecule has 0 aromatic heterocycles. The molecule has 0 heterocycles. The van der Waals surface area contributed by atoms with E-state index in [2.05, 4.69) is 0 Å². The largest absolute Gasteiger partial charge is 0.485 e. The molecule has 1 fully saturated rings. The van der Waals surface area contributed by atoms with Gasteiger partial charge in [-0.1, -0.05) is 0 Å². The lowest BCUT2D eigenvalue weighted by Gasteiger charge is -2.18. The third-order valence-corrected chi connectivity index (χ3v) is 2.67. The van der Waals surface area contributed by atoms with Crippen molar-refractivity contribution in [3.8, 4) is 5.75 Å². The highest BCUT2D eigenvalue weighted by Crippen LogP contribution is 2.28. The summed E-state index contributed by atoms with van der Waals surface area (Å²) in [5.74, 6) is -0.0624. The van der Waals surface area contributed by atoms with Gasteiger partial charge >= 0.3 is 0 Å².